The molecule has 0 bridgehead atoms. The molecule has 9 nitrogen and oxygen atoms in total. The molecule has 3 N–H and O–H groups in total. The molecular weight excluding hydrogens is 523 g/mol. The van der Waals surface area contributed by atoms with Crippen LogP contribution >= 0.6 is 0 Å². The Morgan fingerprint density at radius 2 is 1.76 bits per heavy atom. The molecule has 41 heavy (non-hydrogen) atoms. The number of rotatable bonds is 8. The van der Waals surface area contributed by atoms with E-state index in [0.717, 1.165) is 55.7 Å². The molecular formula is C31H43FN6O3. The molecule has 0 saturated carbocycles. The highest BCUT2D eigenvalue weighted by Crippen LogP contribution is 2.28. The zero-order chi connectivity index (χ0) is 29.9. The number of aromatic nitrogens is 2. The van der Waals surface area contributed by atoms with Crippen molar-refractivity contribution in [2.75, 3.05) is 51.8 Å². The number of likely N-dealkylation sites (N-methyl/N-ethyl adjacent to an activating group) is 1. The van der Waals surface area contributed by atoms with Gasteiger partial charge in [-0.05, 0) is 63.0 Å². The van der Waals surface area contributed by atoms with Crippen LogP contribution in [0.2, 0.25) is 0 Å². The Labute approximate surface area is 243 Å². The van der Waals surface area contributed by atoms with Crippen molar-refractivity contribution in [1.29, 1.82) is 0 Å². The Morgan fingerprint density at radius 1 is 1.12 bits per heavy atom. The number of nitrogens with zero attached hydrogens (tertiary/aromatic N) is 3. The van der Waals surface area contributed by atoms with Crippen molar-refractivity contribution in [3.8, 4) is 24.4 Å². The molecule has 0 radical (unpaired) electrons. The van der Waals surface area contributed by atoms with Crippen molar-refractivity contribution in [1.82, 2.24) is 25.5 Å². The molecule has 1 amide bonds. The van der Waals surface area contributed by atoms with Crippen molar-refractivity contribution < 1.29 is 18.8 Å². The molecule has 0 spiro atoms. The first-order chi connectivity index (χ1) is 20.0. The molecule has 3 aromatic rings. The fourth-order valence-electron chi connectivity index (χ4n) is 4.29. The van der Waals surface area contributed by atoms with Gasteiger partial charge in [0.05, 0.1) is 30.5 Å². The molecule has 10 heteroatoms. The Bertz CT molecular complexity index is 1140. The van der Waals surface area contributed by atoms with Gasteiger partial charge in [-0.15, -0.1) is 17.9 Å². The van der Waals surface area contributed by atoms with E-state index in [1.165, 1.54) is 25.0 Å². The van der Waals surface area contributed by atoms with E-state index < -0.39 is 0 Å². The van der Waals surface area contributed by atoms with Gasteiger partial charge in [0, 0.05) is 20.1 Å². The minimum absolute atomic E-state index is 0.178. The number of hydrogen-bond donors (Lipinski definition) is 3. The lowest BCUT2D eigenvalue weighted by atomic mass is 9.99. The number of terminal acetylenes is 1. The zero-order valence-corrected chi connectivity index (χ0v) is 24.3. The van der Waals surface area contributed by atoms with Crippen LogP contribution in [-0.4, -0.2) is 73.7 Å². The number of carbonyl (C=O) groups is 1. The first kappa shape index (κ1) is 33.3. The van der Waals surface area contributed by atoms with Crippen LogP contribution in [0, 0.1) is 31.5 Å². The average Bonchev–Trinajstić information content (AvgIpc) is 3.62. The fourth-order valence-corrected chi connectivity index (χ4v) is 4.29. The van der Waals surface area contributed by atoms with E-state index in [0.29, 0.717) is 18.9 Å². The third kappa shape index (κ3) is 11.2. The van der Waals surface area contributed by atoms with Crippen LogP contribution in [0.3, 0.4) is 0 Å². The van der Waals surface area contributed by atoms with Gasteiger partial charge in [-0.1, -0.05) is 43.3 Å². The number of carbonyl (C=O) groups excluding carboxylic acids is 1. The lowest BCUT2D eigenvalue weighted by Gasteiger charge is -2.22. The standard InChI is InChI=1S/C17H24N4O.C6H5F.C6H12N2O2.C2H2/c1-13-16(18-2)21(15-6-4-3-5-7-15)20-17(13)22-12-14-8-10-19-11-9-14;7-6-4-2-1-3-5-6;1-2-8-3-6(4-10-8)7-5-9;1-2/h3-7,14,18-19H,8-12H2,1-2H3;1-5H;5-6H,2-4H2,1H3,(H,7,9);1-2H. The molecule has 222 valence electrons. The summed E-state index contributed by atoms with van der Waals surface area (Å²) in [6.07, 6.45) is 11.1. The summed E-state index contributed by atoms with van der Waals surface area (Å²) in [4.78, 5) is 15.1. The number of halogens is 1. The molecule has 1 aromatic heterocycles. The van der Waals surface area contributed by atoms with Crippen molar-refractivity contribution in [2.24, 2.45) is 5.92 Å². The van der Waals surface area contributed by atoms with Crippen LogP contribution in [0.25, 0.3) is 5.69 Å². The molecule has 2 fully saturated rings. The lowest BCUT2D eigenvalue weighted by molar-refractivity contribution is -0.110. The Balaban J connectivity index is 0.000000254. The Kier molecular flexibility index (Phi) is 15.6. The van der Waals surface area contributed by atoms with E-state index in [1.807, 2.05) is 54.0 Å². The quantitative estimate of drug-likeness (QED) is 0.280. The topological polar surface area (TPSA) is 92.7 Å². The third-order valence-corrected chi connectivity index (χ3v) is 6.50. The molecule has 0 aliphatic carbocycles. The highest BCUT2D eigenvalue weighted by atomic mass is 19.1. The summed E-state index contributed by atoms with van der Waals surface area (Å²) in [5.41, 5.74) is 2.09. The van der Waals surface area contributed by atoms with Crippen molar-refractivity contribution in [3.05, 3.63) is 72.0 Å². The van der Waals surface area contributed by atoms with Gasteiger partial charge in [0.1, 0.15) is 11.6 Å². The minimum Gasteiger partial charge on any atom is -0.476 e. The molecule has 2 saturated heterocycles. The van der Waals surface area contributed by atoms with Crippen LogP contribution in [0.5, 0.6) is 5.88 Å². The number of para-hydroxylation sites is 1. The third-order valence-electron chi connectivity index (χ3n) is 6.50. The highest BCUT2D eigenvalue weighted by Gasteiger charge is 2.21. The minimum atomic E-state index is -0.178. The number of benzene rings is 2. The number of anilines is 1. The number of hydroxylamine groups is 2. The average molecular weight is 567 g/mol. The second-order valence-electron chi connectivity index (χ2n) is 9.33. The second kappa shape index (κ2) is 19.2. The van der Waals surface area contributed by atoms with E-state index in [-0.39, 0.29) is 11.9 Å². The van der Waals surface area contributed by atoms with E-state index in [4.69, 9.17) is 9.57 Å². The fraction of sp³-hybridized carbons (Fsp3) is 0.419. The summed E-state index contributed by atoms with van der Waals surface area (Å²) in [7, 11) is 1.92. The van der Waals surface area contributed by atoms with Crippen LogP contribution < -0.4 is 20.7 Å². The van der Waals surface area contributed by atoms with Gasteiger partial charge < -0.3 is 20.7 Å². The predicted octanol–water partition coefficient (Wildman–Crippen LogP) is 4.04. The maximum Gasteiger partial charge on any atom is 0.238 e. The lowest BCUT2D eigenvalue weighted by Crippen LogP contribution is -2.32. The van der Waals surface area contributed by atoms with Crippen molar-refractivity contribution in [3.63, 3.8) is 0 Å². The van der Waals surface area contributed by atoms with Crippen LogP contribution in [-0.2, 0) is 9.63 Å². The van der Waals surface area contributed by atoms with E-state index in [9.17, 15) is 9.18 Å². The summed E-state index contributed by atoms with van der Waals surface area (Å²) in [5, 5.41) is 15.8. The molecule has 3 heterocycles. The van der Waals surface area contributed by atoms with Gasteiger partial charge in [0.15, 0.2) is 0 Å². The first-order valence-corrected chi connectivity index (χ1v) is 13.8. The molecule has 2 aromatic carbocycles. The number of amides is 1. The van der Waals surface area contributed by atoms with Gasteiger partial charge in [0.2, 0.25) is 12.3 Å². The van der Waals surface area contributed by atoms with Crippen molar-refractivity contribution in [2.45, 2.75) is 32.7 Å². The van der Waals surface area contributed by atoms with Crippen LogP contribution in [0.4, 0.5) is 10.2 Å². The van der Waals surface area contributed by atoms with Gasteiger partial charge in [-0.2, -0.15) is 5.06 Å². The van der Waals surface area contributed by atoms with Crippen molar-refractivity contribution >= 4 is 12.2 Å². The number of nitrogens with one attached hydrogen (secondary N) is 3. The number of piperidine rings is 1. The molecule has 1 unspecified atom stereocenters. The second-order valence-corrected chi connectivity index (χ2v) is 9.33. The zero-order valence-electron chi connectivity index (χ0n) is 24.3. The maximum absolute atomic E-state index is 11.9. The molecule has 5 rings (SSSR count). The molecule has 1 atom stereocenters. The van der Waals surface area contributed by atoms with Gasteiger partial charge in [-0.25, -0.2) is 9.07 Å². The first-order valence-electron chi connectivity index (χ1n) is 13.8. The maximum atomic E-state index is 11.9. The van der Waals surface area contributed by atoms with Crippen LogP contribution in [0.15, 0.2) is 60.7 Å². The predicted molar refractivity (Wildman–Crippen MR) is 161 cm³/mol. The monoisotopic (exact) mass is 566 g/mol. The highest BCUT2D eigenvalue weighted by molar-refractivity contribution is 5.54. The van der Waals surface area contributed by atoms with Crippen LogP contribution in [0.1, 0.15) is 25.3 Å². The van der Waals surface area contributed by atoms with Gasteiger partial charge in [0.25, 0.3) is 0 Å². The summed E-state index contributed by atoms with van der Waals surface area (Å²) >= 11 is 0. The van der Waals surface area contributed by atoms with Gasteiger partial charge >= 0.3 is 0 Å². The van der Waals surface area contributed by atoms with E-state index in [2.05, 4.69) is 40.8 Å². The SMILES string of the molecule is C#C.CCN1CC(NC=O)CO1.CNc1c(C)c(OCC2CCNCC2)nn1-c1ccccc1.Fc1ccccc1. The molecule has 2 aliphatic heterocycles. The Hall–Kier alpha value is -3.91. The van der Waals surface area contributed by atoms with E-state index in [1.54, 1.807) is 18.2 Å². The van der Waals surface area contributed by atoms with E-state index >= 15 is 0 Å². The number of ether oxygens (including phenoxy) is 1. The largest absolute Gasteiger partial charge is 0.476 e. The summed E-state index contributed by atoms with van der Waals surface area (Å²) in [6.45, 7) is 9.27. The Morgan fingerprint density at radius 3 is 2.27 bits per heavy atom. The summed E-state index contributed by atoms with van der Waals surface area (Å²) < 4.78 is 19.8. The summed E-state index contributed by atoms with van der Waals surface area (Å²) in [6, 6.07) is 18.2. The van der Waals surface area contributed by atoms with Gasteiger partial charge in [-0.3, -0.25) is 9.63 Å². The normalized spacial score (nSPS) is 16.5. The smallest absolute Gasteiger partial charge is 0.238 e. The molecule has 2 aliphatic rings. The number of hydrogen-bond acceptors (Lipinski definition) is 7. The summed E-state index contributed by atoms with van der Waals surface area (Å²) in [5.74, 6) is 2.15.